The van der Waals surface area contributed by atoms with E-state index < -0.39 is 5.97 Å². The van der Waals surface area contributed by atoms with Gasteiger partial charge in [0.2, 0.25) is 5.16 Å². The van der Waals surface area contributed by atoms with Crippen LogP contribution in [0.15, 0.2) is 23.4 Å². The van der Waals surface area contributed by atoms with Gasteiger partial charge in [0.1, 0.15) is 0 Å². The van der Waals surface area contributed by atoms with Gasteiger partial charge in [0.15, 0.2) is 0 Å². The van der Waals surface area contributed by atoms with Gasteiger partial charge in [-0.25, -0.2) is 0 Å². The summed E-state index contributed by atoms with van der Waals surface area (Å²) in [5.74, 6) is -0.954. The molecule has 0 fully saturated rings. The summed E-state index contributed by atoms with van der Waals surface area (Å²) in [7, 11) is 0. The Kier molecular flexibility index (Phi) is 4.16. The molecule has 0 amide bonds. The minimum atomic E-state index is -0.891. The second kappa shape index (κ2) is 5.83. The van der Waals surface area contributed by atoms with Gasteiger partial charge >= 0.3 is 5.97 Å². The molecule has 1 heterocycles. The van der Waals surface area contributed by atoms with Crippen molar-refractivity contribution in [1.82, 2.24) is 20.2 Å². The summed E-state index contributed by atoms with van der Waals surface area (Å²) in [6.45, 7) is 4.15. The van der Waals surface area contributed by atoms with E-state index in [1.54, 1.807) is 4.68 Å². The third-order valence-electron chi connectivity index (χ3n) is 2.72. The summed E-state index contributed by atoms with van der Waals surface area (Å²) >= 11 is 1.10. The average Bonchev–Trinajstić information content (AvgIpc) is 2.85. The highest BCUT2D eigenvalue weighted by molar-refractivity contribution is 7.99. The van der Waals surface area contributed by atoms with Gasteiger partial charge < -0.3 is 5.11 Å². The molecule has 0 aliphatic rings. The molecular weight excluding hydrogens is 264 g/mol. The van der Waals surface area contributed by atoms with Crippen LogP contribution in [-0.4, -0.2) is 37.0 Å². The molecule has 19 heavy (non-hydrogen) atoms. The third-order valence-corrected chi connectivity index (χ3v) is 3.63. The van der Waals surface area contributed by atoms with Gasteiger partial charge in [-0.2, -0.15) is 4.68 Å². The zero-order valence-corrected chi connectivity index (χ0v) is 11.5. The average molecular weight is 278 g/mol. The normalized spacial score (nSPS) is 10.6. The van der Waals surface area contributed by atoms with Gasteiger partial charge in [0, 0.05) is 0 Å². The Hall–Kier alpha value is -1.89. The lowest BCUT2D eigenvalue weighted by Gasteiger charge is -2.07. The molecule has 0 aliphatic heterocycles. The lowest BCUT2D eigenvalue weighted by Crippen LogP contribution is -2.03. The Morgan fingerprint density at radius 1 is 1.47 bits per heavy atom. The standard InChI is InChI=1S/C12H14N4O2S/c1-3-9-6-10(5-4-8(9)2)16-12(13-14-15-16)19-7-11(17)18/h4-6H,3,7H2,1-2H3,(H,17,18). The van der Waals surface area contributed by atoms with Gasteiger partial charge in [-0.15, -0.1) is 5.10 Å². The molecule has 0 saturated heterocycles. The topological polar surface area (TPSA) is 80.9 Å². The molecule has 0 atom stereocenters. The minimum absolute atomic E-state index is 0.0626. The Morgan fingerprint density at radius 3 is 2.95 bits per heavy atom. The molecule has 1 N–H and O–H groups in total. The molecule has 0 radical (unpaired) electrons. The first-order valence-electron chi connectivity index (χ1n) is 5.84. The maximum absolute atomic E-state index is 10.6. The molecule has 2 aromatic rings. The van der Waals surface area contributed by atoms with Crippen LogP contribution in [-0.2, 0) is 11.2 Å². The quantitative estimate of drug-likeness (QED) is 0.839. The van der Waals surface area contributed by atoms with Crippen molar-refractivity contribution in [1.29, 1.82) is 0 Å². The van der Waals surface area contributed by atoms with Crippen molar-refractivity contribution in [3.05, 3.63) is 29.3 Å². The van der Waals surface area contributed by atoms with Crippen LogP contribution in [0.3, 0.4) is 0 Å². The highest BCUT2D eigenvalue weighted by Crippen LogP contribution is 2.20. The highest BCUT2D eigenvalue weighted by Gasteiger charge is 2.11. The van der Waals surface area contributed by atoms with Gasteiger partial charge in [-0.3, -0.25) is 4.79 Å². The number of carboxylic acid groups (broad SMARTS) is 1. The lowest BCUT2D eigenvalue weighted by atomic mass is 10.1. The number of aliphatic carboxylic acids is 1. The molecule has 0 saturated carbocycles. The lowest BCUT2D eigenvalue weighted by molar-refractivity contribution is -0.133. The van der Waals surface area contributed by atoms with E-state index in [0.717, 1.165) is 23.9 Å². The van der Waals surface area contributed by atoms with E-state index in [0.29, 0.717) is 5.16 Å². The summed E-state index contributed by atoms with van der Waals surface area (Å²) in [5.41, 5.74) is 3.29. The fraction of sp³-hybridized carbons (Fsp3) is 0.333. The number of carbonyl (C=O) groups is 1. The van der Waals surface area contributed by atoms with Gasteiger partial charge in [-0.05, 0) is 47.0 Å². The van der Waals surface area contributed by atoms with Crippen molar-refractivity contribution in [3.8, 4) is 5.69 Å². The van der Waals surface area contributed by atoms with Crippen molar-refractivity contribution >= 4 is 17.7 Å². The summed E-state index contributed by atoms with van der Waals surface area (Å²) in [4.78, 5) is 10.6. The van der Waals surface area contributed by atoms with Crippen LogP contribution >= 0.6 is 11.8 Å². The molecule has 100 valence electrons. The highest BCUT2D eigenvalue weighted by atomic mass is 32.2. The number of carboxylic acids is 1. The Labute approximate surface area is 114 Å². The zero-order chi connectivity index (χ0) is 13.8. The second-order valence-corrected chi connectivity index (χ2v) is 4.96. The molecule has 1 aromatic carbocycles. The van der Waals surface area contributed by atoms with Crippen molar-refractivity contribution < 1.29 is 9.90 Å². The van der Waals surface area contributed by atoms with E-state index in [1.165, 1.54) is 11.1 Å². The van der Waals surface area contributed by atoms with E-state index in [9.17, 15) is 4.79 Å². The Balaban J connectivity index is 2.31. The molecule has 0 bridgehead atoms. The van der Waals surface area contributed by atoms with Crippen molar-refractivity contribution in [3.63, 3.8) is 0 Å². The van der Waals surface area contributed by atoms with Crippen molar-refractivity contribution in [2.24, 2.45) is 0 Å². The van der Waals surface area contributed by atoms with E-state index in [-0.39, 0.29) is 5.75 Å². The molecule has 7 heteroatoms. The first-order valence-corrected chi connectivity index (χ1v) is 6.83. The minimum Gasteiger partial charge on any atom is -0.481 e. The molecule has 2 rings (SSSR count). The van der Waals surface area contributed by atoms with Crippen molar-refractivity contribution in [2.75, 3.05) is 5.75 Å². The summed E-state index contributed by atoms with van der Waals surface area (Å²) in [6.07, 6.45) is 0.930. The third kappa shape index (κ3) is 3.11. The SMILES string of the molecule is CCc1cc(-n2nnnc2SCC(=O)O)ccc1C. The van der Waals surface area contributed by atoms with Crippen LogP contribution < -0.4 is 0 Å². The van der Waals surface area contributed by atoms with Gasteiger partial charge in [0.05, 0.1) is 11.4 Å². The van der Waals surface area contributed by atoms with Crippen LogP contribution in [0.1, 0.15) is 18.1 Å². The number of aromatic nitrogens is 4. The number of rotatable bonds is 5. The van der Waals surface area contributed by atoms with Crippen LogP contribution in [0.4, 0.5) is 0 Å². The molecular formula is C12H14N4O2S. The monoisotopic (exact) mass is 278 g/mol. The Morgan fingerprint density at radius 2 is 2.26 bits per heavy atom. The molecule has 0 unspecified atom stereocenters. The van der Waals surface area contributed by atoms with E-state index in [2.05, 4.69) is 29.4 Å². The predicted molar refractivity (Wildman–Crippen MR) is 71.6 cm³/mol. The van der Waals surface area contributed by atoms with Crippen LogP contribution in [0.25, 0.3) is 5.69 Å². The van der Waals surface area contributed by atoms with E-state index in [1.807, 2.05) is 18.2 Å². The van der Waals surface area contributed by atoms with E-state index in [4.69, 9.17) is 5.11 Å². The van der Waals surface area contributed by atoms with Gasteiger partial charge in [-0.1, -0.05) is 24.8 Å². The molecule has 0 aliphatic carbocycles. The number of hydrogen-bond acceptors (Lipinski definition) is 5. The number of benzene rings is 1. The van der Waals surface area contributed by atoms with Crippen LogP contribution in [0, 0.1) is 6.92 Å². The summed E-state index contributed by atoms with van der Waals surface area (Å²) in [6, 6.07) is 5.97. The summed E-state index contributed by atoms with van der Waals surface area (Å²) in [5, 5.41) is 20.5. The van der Waals surface area contributed by atoms with Crippen LogP contribution in [0.2, 0.25) is 0 Å². The largest absolute Gasteiger partial charge is 0.481 e. The smallest absolute Gasteiger partial charge is 0.313 e. The maximum atomic E-state index is 10.6. The molecule has 0 spiro atoms. The first kappa shape index (κ1) is 13.5. The predicted octanol–water partition coefficient (Wildman–Crippen LogP) is 1.71. The maximum Gasteiger partial charge on any atom is 0.313 e. The number of thioether (sulfide) groups is 1. The second-order valence-electron chi connectivity index (χ2n) is 4.02. The van der Waals surface area contributed by atoms with E-state index >= 15 is 0 Å². The van der Waals surface area contributed by atoms with Crippen molar-refractivity contribution in [2.45, 2.75) is 25.4 Å². The summed E-state index contributed by atoms with van der Waals surface area (Å²) < 4.78 is 1.56. The fourth-order valence-corrected chi connectivity index (χ4v) is 2.34. The van der Waals surface area contributed by atoms with Gasteiger partial charge in [0.25, 0.3) is 0 Å². The number of tetrazole rings is 1. The fourth-order valence-electron chi connectivity index (χ4n) is 1.73. The molecule has 1 aromatic heterocycles. The first-order chi connectivity index (χ1) is 9.11. The number of nitrogens with zero attached hydrogens (tertiary/aromatic N) is 4. The Bertz CT molecular complexity index is 597. The number of aryl methyl sites for hydroxylation is 2. The van der Waals surface area contributed by atoms with Crippen LogP contribution in [0.5, 0.6) is 0 Å². The molecule has 6 nitrogen and oxygen atoms in total. The zero-order valence-electron chi connectivity index (χ0n) is 10.7. The number of hydrogen-bond donors (Lipinski definition) is 1.